The average Bonchev–Trinajstić information content (AvgIpc) is 2.80. The molecule has 1 heterocycles. The van der Waals surface area contributed by atoms with Crippen molar-refractivity contribution < 1.29 is 32.2 Å². The zero-order valence-corrected chi connectivity index (χ0v) is 18.7. The van der Waals surface area contributed by atoms with Crippen LogP contribution in [0.15, 0.2) is 72.8 Å². The Hall–Kier alpha value is -3.32. The Labute approximate surface area is 196 Å². The van der Waals surface area contributed by atoms with Crippen LogP contribution in [0.4, 0.5) is 13.2 Å². The van der Waals surface area contributed by atoms with Crippen molar-refractivity contribution in [2.75, 3.05) is 19.8 Å². The number of esters is 1. The summed E-state index contributed by atoms with van der Waals surface area (Å²) in [6.45, 7) is 2.66. The zero-order valence-electron chi connectivity index (χ0n) is 18.7. The molecule has 3 aromatic rings. The predicted octanol–water partition coefficient (Wildman–Crippen LogP) is 6.17. The van der Waals surface area contributed by atoms with Crippen LogP contribution in [0.5, 0.6) is 5.75 Å². The quantitative estimate of drug-likeness (QED) is 0.369. The molecule has 1 aliphatic rings. The van der Waals surface area contributed by atoms with Crippen LogP contribution in [0.1, 0.15) is 30.0 Å². The number of carbonyl (C=O) groups is 1. The van der Waals surface area contributed by atoms with Gasteiger partial charge < -0.3 is 14.2 Å². The van der Waals surface area contributed by atoms with Crippen molar-refractivity contribution >= 4 is 5.97 Å². The highest BCUT2D eigenvalue weighted by Gasteiger charge is 2.42. The summed E-state index contributed by atoms with van der Waals surface area (Å²) in [4.78, 5) is 12.0. The predicted molar refractivity (Wildman–Crippen MR) is 121 cm³/mol. The second-order valence-electron chi connectivity index (χ2n) is 8.27. The fraction of sp³-hybridized carbons (Fsp3) is 0.296. The van der Waals surface area contributed by atoms with E-state index in [-0.39, 0.29) is 30.1 Å². The van der Waals surface area contributed by atoms with Crippen molar-refractivity contribution in [2.24, 2.45) is 0 Å². The smallest absolute Gasteiger partial charge is 0.417 e. The molecule has 1 aliphatic heterocycles. The van der Waals surface area contributed by atoms with Gasteiger partial charge in [-0.1, -0.05) is 60.7 Å². The summed E-state index contributed by atoms with van der Waals surface area (Å²) in [5.41, 5.74) is 0.437. The largest absolute Gasteiger partial charge is 0.489 e. The van der Waals surface area contributed by atoms with Crippen LogP contribution in [0.25, 0.3) is 11.1 Å². The number of halogens is 3. The van der Waals surface area contributed by atoms with Gasteiger partial charge in [0, 0.05) is 5.56 Å². The molecule has 0 bridgehead atoms. The molecule has 0 N–H and O–H groups in total. The average molecular weight is 470 g/mol. The summed E-state index contributed by atoms with van der Waals surface area (Å²) in [6.07, 6.45) is -4.32. The standard InChI is InChI=1S/C27H25F3O4/c1-2-33-24(31)15-26(17-32-18-26)21-11-13-22(14-12-21)34-16-20-9-6-10-23(25(20)27(28,29)30)19-7-4-3-5-8-19/h3-14H,2,15-18H2,1H3. The zero-order chi connectivity index (χ0) is 24.2. The summed E-state index contributed by atoms with van der Waals surface area (Å²) in [7, 11) is 0. The molecule has 0 atom stereocenters. The molecule has 4 nitrogen and oxygen atoms in total. The molecule has 7 heteroatoms. The maximum Gasteiger partial charge on any atom is 0.417 e. The van der Waals surface area contributed by atoms with Gasteiger partial charge in [0.25, 0.3) is 0 Å². The van der Waals surface area contributed by atoms with Gasteiger partial charge in [-0.05, 0) is 35.7 Å². The lowest BCUT2D eigenvalue weighted by Crippen LogP contribution is -2.48. The van der Waals surface area contributed by atoms with Gasteiger partial charge in [-0.15, -0.1) is 0 Å². The van der Waals surface area contributed by atoms with E-state index in [9.17, 15) is 18.0 Å². The first-order chi connectivity index (χ1) is 16.3. The Morgan fingerprint density at radius 2 is 1.68 bits per heavy atom. The minimum atomic E-state index is -4.53. The summed E-state index contributed by atoms with van der Waals surface area (Å²) in [5.74, 6) is 0.151. The molecule has 0 saturated carbocycles. The van der Waals surface area contributed by atoms with Crippen LogP contribution in [-0.2, 0) is 32.5 Å². The third-order valence-electron chi connectivity index (χ3n) is 5.92. The lowest BCUT2D eigenvalue weighted by atomic mass is 9.76. The number of benzene rings is 3. The Bertz CT molecular complexity index is 1120. The molecular formula is C27H25F3O4. The summed E-state index contributed by atoms with van der Waals surface area (Å²) in [5, 5.41) is 0. The Morgan fingerprint density at radius 3 is 2.26 bits per heavy atom. The SMILES string of the molecule is CCOC(=O)CC1(c2ccc(OCc3cccc(-c4ccccc4)c3C(F)(F)F)cc2)COC1. The molecule has 1 fully saturated rings. The first-order valence-corrected chi connectivity index (χ1v) is 11.0. The van der Waals surface area contributed by atoms with Gasteiger partial charge in [-0.2, -0.15) is 13.2 Å². The highest BCUT2D eigenvalue weighted by Crippen LogP contribution is 2.40. The van der Waals surface area contributed by atoms with Crippen molar-refractivity contribution in [1.29, 1.82) is 0 Å². The molecule has 0 aromatic heterocycles. The van der Waals surface area contributed by atoms with E-state index in [4.69, 9.17) is 14.2 Å². The van der Waals surface area contributed by atoms with E-state index in [2.05, 4.69) is 0 Å². The molecule has 178 valence electrons. The van der Waals surface area contributed by atoms with Crippen molar-refractivity contribution in [3.63, 3.8) is 0 Å². The van der Waals surface area contributed by atoms with Crippen LogP contribution in [-0.4, -0.2) is 25.8 Å². The van der Waals surface area contributed by atoms with Crippen LogP contribution in [0, 0.1) is 0 Å². The third-order valence-corrected chi connectivity index (χ3v) is 5.92. The number of carbonyl (C=O) groups excluding carboxylic acids is 1. The maximum atomic E-state index is 14.0. The van der Waals surface area contributed by atoms with Gasteiger partial charge in [-0.25, -0.2) is 0 Å². The van der Waals surface area contributed by atoms with Crippen LogP contribution < -0.4 is 4.74 Å². The number of alkyl halides is 3. The van der Waals surface area contributed by atoms with E-state index >= 15 is 0 Å². The number of ether oxygens (including phenoxy) is 3. The van der Waals surface area contributed by atoms with Crippen molar-refractivity contribution in [1.82, 2.24) is 0 Å². The minimum Gasteiger partial charge on any atom is -0.489 e. The fourth-order valence-corrected chi connectivity index (χ4v) is 4.19. The first kappa shape index (κ1) is 23.8. The molecule has 0 aliphatic carbocycles. The second-order valence-corrected chi connectivity index (χ2v) is 8.27. The van der Waals surface area contributed by atoms with E-state index in [1.165, 1.54) is 12.1 Å². The lowest BCUT2D eigenvalue weighted by molar-refractivity contribution is -0.151. The van der Waals surface area contributed by atoms with Gasteiger partial charge in [0.1, 0.15) is 12.4 Å². The monoisotopic (exact) mass is 470 g/mol. The normalized spacial score (nSPS) is 14.8. The molecular weight excluding hydrogens is 445 g/mol. The summed E-state index contributed by atoms with van der Waals surface area (Å²) < 4.78 is 58.2. The lowest BCUT2D eigenvalue weighted by Gasteiger charge is -2.41. The van der Waals surface area contributed by atoms with Crippen LogP contribution in [0.3, 0.4) is 0 Å². The highest BCUT2D eigenvalue weighted by molar-refractivity contribution is 5.72. The van der Waals surface area contributed by atoms with E-state index in [1.807, 2.05) is 12.1 Å². The van der Waals surface area contributed by atoms with Crippen LogP contribution >= 0.6 is 0 Å². The van der Waals surface area contributed by atoms with Gasteiger partial charge in [0.2, 0.25) is 0 Å². The van der Waals surface area contributed by atoms with Gasteiger partial charge in [0.15, 0.2) is 0 Å². The number of hydrogen-bond acceptors (Lipinski definition) is 4. The molecule has 0 radical (unpaired) electrons. The van der Waals surface area contributed by atoms with Crippen molar-refractivity contribution in [2.45, 2.75) is 31.5 Å². The van der Waals surface area contributed by atoms with Crippen molar-refractivity contribution in [3.05, 3.63) is 89.5 Å². The molecule has 0 spiro atoms. The molecule has 34 heavy (non-hydrogen) atoms. The molecule has 4 rings (SSSR count). The van der Waals surface area contributed by atoms with Crippen molar-refractivity contribution in [3.8, 4) is 16.9 Å². The molecule has 0 unspecified atom stereocenters. The minimum absolute atomic E-state index is 0.0594. The molecule has 1 saturated heterocycles. The Balaban J connectivity index is 1.53. The van der Waals surface area contributed by atoms with Gasteiger partial charge in [-0.3, -0.25) is 4.79 Å². The Morgan fingerprint density at radius 1 is 0.971 bits per heavy atom. The van der Waals surface area contributed by atoms with Gasteiger partial charge >= 0.3 is 12.1 Å². The summed E-state index contributed by atoms with van der Waals surface area (Å²) in [6, 6.07) is 20.1. The second kappa shape index (κ2) is 9.89. The van der Waals surface area contributed by atoms with E-state index in [0.29, 0.717) is 31.1 Å². The third kappa shape index (κ3) is 5.09. The van der Waals surface area contributed by atoms with Crippen LogP contribution in [0.2, 0.25) is 0 Å². The van der Waals surface area contributed by atoms with E-state index in [0.717, 1.165) is 5.56 Å². The molecule has 0 amide bonds. The Kier molecular flexibility index (Phi) is 6.93. The van der Waals surface area contributed by atoms with E-state index < -0.39 is 17.2 Å². The summed E-state index contributed by atoms with van der Waals surface area (Å²) >= 11 is 0. The fourth-order valence-electron chi connectivity index (χ4n) is 4.19. The topological polar surface area (TPSA) is 44.8 Å². The first-order valence-electron chi connectivity index (χ1n) is 11.0. The number of rotatable bonds is 8. The highest BCUT2D eigenvalue weighted by atomic mass is 19.4. The maximum absolute atomic E-state index is 14.0. The number of hydrogen-bond donors (Lipinski definition) is 0. The van der Waals surface area contributed by atoms with E-state index in [1.54, 1.807) is 55.5 Å². The van der Waals surface area contributed by atoms with Gasteiger partial charge in [0.05, 0.1) is 37.2 Å². The molecule has 3 aromatic carbocycles.